The van der Waals surface area contributed by atoms with E-state index in [9.17, 15) is 23.5 Å². The second-order valence-electron chi connectivity index (χ2n) is 9.00. The molecule has 2 aromatic heterocycles. The van der Waals surface area contributed by atoms with Crippen molar-refractivity contribution in [3.8, 4) is 11.3 Å². The number of alkyl halides is 2. The Morgan fingerprint density at radius 1 is 1.14 bits per heavy atom. The van der Waals surface area contributed by atoms with E-state index in [-0.39, 0.29) is 22.3 Å². The molecule has 0 saturated carbocycles. The second-order valence-corrected chi connectivity index (χ2v) is 9.00. The molecule has 0 amide bonds. The average Bonchev–Trinajstić information content (AvgIpc) is 3.23. The largest absolute Gasteiger partial charge is 0.478 e. The van der Waals surface area contributed by atoms with Crippen LogP contribution in [0.1, 0.15) is 46.4 Å². The smallest absolute Gasteiger partial charge is 0.337 e. The summed E-state index contributed by atoms with van der Waals surface area (Å²) in [5.41, 5.74) is 1.34. The van der Waals surface area contributed by atoms with Gasteiger partial charge in [0, 0.05) is 35.4 Å². The molecule has 2 N–H and O–H groups in total. The summed E-state index contributed by atoms with van der Waals surface area (Å²) in [6.07, 6.45) is -1.30. The molecule has 0 fully saturated rings. The number of halogens is 2. The summed E-state index contributed by atoms with van der Waals surface area (Å²) >= 11 is 0. The molecule has 0 saturated heterocycles. The Hall–Kier alpha value is -4.53. The minimum absolute atomic E-state index is 0.0386. The third kappa shape index (κ3) is 4.33. The van der Waals surface area contributed by atoms with Crippen LogP contribution in [0.25, 0.3) is 33.2 Å². The zero-order valence-corrected chi connectivity index (χ0v) is 20.3. The molecular formula is C28H23F2N3O4. The summed E-state index contributed by atoms with van der Waals surface area (Å²) in [4.78, 5) is 25.1. The van der Waals surface area contributed by atoms with Gasteiger partial charge in [-0.15, -0.1) is 0 Å². The van der Waals surface area contributed by atoms with Crippen molar-refractivity contribution >= 4 is 33.5 Å². The molecule has 0 spiro atoms. The first kappa shape index (κ1) is 24.2. The molecule has 9 heteroatoms. The molecule has 0 radical (unpaired) electrons. The number of carbonyl (C=O) groups is 1. The number of nitrogens with one attached hydrogen (secondary N) is 1. The number of hydrogen-bond donors (Lipinski definition) is 2. The maximum absolute atomic E-state index is 14.2. The van der Waals surface area contributed by atoms with Crippen molar-refractivity contribution in [2.75, 3.05) is 5.32 Å². The number of para-hydroxylation sites is 1. The Balaban J connectivity index is 1.73. The number of aromatic carboxylic acids is 1. The molecule has 188 valence electrons. The van der Waals surface area contributed by atoms with Crippen LogP contribution in [0.5, 0.6) is 0 Å². The quantitative estimate of drug-likeness (QED) is 0.276. The number of anilines is 1. The maximum Gasteiger partial charge on any atom is 0.337 e. The first-order valence-electron chi connectivity index (χ1n) is 11.6. The molecule has 5 aromatic rings. The molecule has 0 aliphatic rings. The fraction of sp³-hybridized carbons (Fsp3) is 0.179. The van der Waals surface area contributed by atoms with E-state index in [1.807, 2.05) is 0 Å². The first-order valence-corrected chi connectivity index (χ1v) is 11.6. The van der Waals surface area contributed by atoms with Crippen LogP contribution in [0, 0.1) is 6.92 Å². The van der Waals surface area contributed by atoms with E-state index in [1.165, 1.54) is 12.1 Å². The average molecular weight is 504 g/mol. The monoisotopic (exact) mass is 503 g/mol. The third-order valence-electron chi connectivity index (χ3n) is 6.30. The lowest BCUT2D eigenvalue weighted by Gasteiger charge is -2.20. The molecule has 7 nitrogen and oxygen atoms in total. The molecule has 0 bridgehead atoms. The standard InChI is InChI=1S/C28H23F2N3O4/c1-14-10-19(15(2)31-22-7-5-4-6-18(22)28(35)36)26-20(11-14)24(34)23(27(29)30)25(37-26)16-8-9-21-17(12-16)13-33(3)32-21/h4-13,15,27,31H,1-3H3,(H,35,36). The van der Waals surface area contributed by atoms with E-state index in [0.717, 1.165) is 0 Å². The summed E-state index contributed by atoms with van der Waals surface area (Å²) in [5, 5.41) is 17.8. The number of hydrogen-bond acceptors (Lipinski definition) is 5. The predicted molar refractivity (Wildman–Crippen MR) is 137 cm³/mol. The third-order valence-corrected chi connectivity index (χ3v) is 6.30. The molecule has 3 aromatic carbocycles. The van der Waals surface area contributed by atoms with Gasteiger partial charge in [0.1, 0.15) is 16.9 Å². The number of fused-ring (bicyclic) bond motifs is 2. The van der Waals surface area contributed by atoms with Crippen molar-refractivity contribution < 1.29 is 23.1 Å². The fourth-order valence-electron chi connectivity index (χ4n) is 4.62. The van der Waals surface area contributed by atoms with Gasteiger partial charge in [-0.25, -0.2) is 13.6 Å². The van der Waals surface area contributed by atoms with Gasteiger partial charge in [0.2, 0.25) is 5.43 Å². The van der Waals surface area contributed by atoms with Crippen LogP contribution in [-0.4, -0.2) is 20.9 Å². The molecule has 2 heterocycles. The number of carboxylic acid groups (broad SMARTS) is 1. The predicted octanol–water partition coefficient (Wildman–Crippen LogP) is 6.46. The Morgan fingerprint density at radius 2 is 1.89 bits per heavy atom. The van der Waals surface area contributed by atoms with Crippen LogP contribution in [0.15, 0.2) is 70.0 Å². The van der Waals surface area contributed by atoms with Crippen LogP contribution >= 0.6 is 0 Å². The highest BCUT2D eigenvalue weighted by atomic mass is 19.3. The highest BCUT2D eigenvalue weighted by Crippen LogP contribution is 2.36. The van der Waals surface area contributed by atoms with Gasteiger partial charge in [0.05, 0.1) is 22.5 Å². The Bertz CT molecular complexity index is 1740. The van der Waals surface area contributed by atoms with Gasteiger partial charge < -0.3 is 14.8 Å². The number of rotatable bonds is 6. The van der Waals surface area contributed by atoms with Crippen molar-refractivity contribution in [2.45, 2.75) is 26.3 Å². The molecule has 0 aliphatic heterocycles. The van der Waals surface area contributed by atoms with Crippen molar-refractivity contribution in [2.24, 2.45) is 7.05 Å². The van der Waals surface area contributed by atoms with Crippen LogP contribution < -0.4 is 10.7 Å². The van der Waals surface area contributed by atoms with Crippen LogP contribution in [0.3, 0.4) is 0 Å². The summed E-state index contributed by atoms with van der Waals surface area (Å²) in [6.45, 7) is 3.54. The molecule has 5 rings (SSSR count). The molecule has 37 heavy (non-hydrogen) atoms. The number of aromatic nitrogens is 2. The van der Waals surface area contributed by atoms with E-state index in [1.54, 1.807) is 74.2 Å². The molecule has 0 aliphatic carbocycles. The SMILES string of the molecule is Cc1cc(C(C)Nc2ccccc2C(=O)O)c2oc(-c3ccc4nn(C)cc4c3)c(C(F)F)c(=O)c2c1. The lowest BCUT2D eigenvalue weighted by molar-refractivity contribution is 0.0698. The molecule has 1 atom stereocenters. The zero-order chi connectivity index (χ0) is 26.4. The van der Waals surface area contributed by atoms with Gasteiger partial charge in [0.25, 0.3) is 6.43 Å². The van der Waals surface area contributed by atoms with Gasteiger partial charge in [-0.2, -0.15) is 5.10 Å². The lowest BCUT2D eigenvalue weighted by Crippen LogP contribution is -2.15. The van der Waals surface area contributed by atoms with Crippen molar-refractivity contribution in [1.29, 1.82) is 0 Å². The van der Waals surface area contributed by atoms with E-state index < -0.39 is 29.4 Å². The van der Waals surface area contributed by atoms with Crippen molar-refractivity contribution in [3.05, 3.63) is 93.3 Å². The number of nitrogens with zero attached hydrogens (tertiary/aromatic N) is 2. The Kier molecular flexibility index (Phi) is 5.99. The van der Waals surface area contributed by atoms with Gasteiger partial charge in [-0.05, 0) is 55.8 Å². The van der Waals surface area contributed by atoms with Crippen LogP contribution in [0.2, 0.25) is 0 Å². The van der Waals surface area contributed by atoms with Gasteiger partial charge in [-0.3, -0.25) is 9.48 Å². The second kappa shape index (κ2) is 9.16. The summed E-state index contributed by atoms with van der Waals surface area (Å²) in [6, 6.07) is 14.2. The Labute approximate surface area is 210 Å². The minimum atomic E-state index is -3.05. The molecular weight excluding hydrogens is 480 g/mol. The minimum Gasteiger partial charge on any atom is -0.478 e. The van der Waals surface area contributed by atoms with Crippen LogP contribution in [-0.2, 0) is 7.05 Å². The van der Waals surface area contributed by atoms with Crippen LogP contribution in [0.4, 0.5) is 14.5 Å². The van der Waals surface area contributed by atoms with Gasteiger partial charge >= 0.3 is 5.97 Å². The number of carboxylic acids is 1. The maximum atomic E-state index is 14.2. The number of benzene rings is 3. The van der Waals surface area contributed by atoms with E-state index in [4.69, 9.17) is 4.42 Å². The first-order chi connectivity index (χ1) is 17.6. The normalized spacial score (nSPS) is 12.4. The van der Waals surface area contributed by atoms with E-state index >= 15 is 0 Å². The van der Waals surface area contributed by atoms with Crippen molar-refractivity contribution in [3.63, 3.8) is 0 Å². The number of aryl methyl sites for hydroxylation is 2. The highest BCUT2D eigenvalue weighted by molar-refractivity contribution is 5.94. The molecule has 1 unspecified atom stereocenters. The van der Waals surface area contributed by atoms with Gasteiger partial charge in [0.15, 0.2) is 0 Å². The topological polar surface area (TPSA) is 97.4 Å². The Morgan fingerprint density at radius 3 is 2.62 bits per heavy atom. The van der Waals surface area contributed by atoms with E-state index in [2.05, 4.69) is 10.4 Å². The van der Waals surface area contributed by atoms with E-state index in [0.29, 0.717) is 33.3 Å². The fourth-order valence-corrected chi connectivity index (χ4v) is 4.62. The van der Waals surface area contributed by atoms with Gasteiger partial charge in [-0.1, -0.05) is 18.2 Å². The summed E-state index contributed by atoms with van der Waals surface area (Å²) in [5.74, 6) is -1.30. The van der Waals surface area contributed by atoms with Crippen molar-refractivity contribution in [1.82, 2.24) is 9.78 Å². The highest BCUT2D eigenvalue weighted by Gasteiger charge is 2.26. The lowest BCUT2D eigenvalue weighted by atomic mass is 9.98. The zero-order valence-electron chi connectivity index (χ0n) is 20.3. The summed E-state index contributed by atoms with van der Waals surface area (Å²) < 4.78 is 36.2. The summed E-state index contributed by atoms with van der Waals surface area (Å²) in [7, 11) is 1.76.